The third kappa shape index (κ3) is 3.63. The van der Waals surface area contributed by atoms with Gasteiger partial charge in [0.05, 0.1) is 18.1 Å². The smallest absolute Gasteiger partial charge is 0.398 e. The maximum atomic E-state index is 12.7. The summed E-state index contributed by atoms with van der Waals surface area (Å²) in [5.74, 6) is -0.548. The van der Waals surface area contributed by atoms with Gasteiger partial charge in [-0.3, -0.25) is 4.79 Å². The summed E-state index contributed by atoms with van der Waals surface area (Å²) in [4.78, 5) is 13.4. The lowest BCUT2D eigenvalue weighted by molar-refractivity contribution is -0.136. The summed E-state index contributed by atoms with van der Waals surface area (Å²) in [5, 5.41) is 8.50. The van der Waals surface area contributed by atoms with Crippen LogP contribution < -0.4 is 5.73 Å². The van der Waals surface area contributed by atoms with E-state index in [0.717, 1.165) is 12.1 Å². The molecule has 0 heterocycles. The number of carbonyl (C=O) groups excluding carboxylic acids is 1. The Labute approximate surface area is 114 Å². The van der Waals surface area contributed by atoms with Crippen molar-refractivity contribution in [2.24, 2.45) is 0 Å². The van der Waals surface area contributed by atoms with Gasteiger partial charge in [-0.1, -0.05) is 0 Å². The van der Waals surface area contributed by atoms with Crippen molar-refractivity contribution in [1.29, 1.82) is 5.26 Å². The van der Waals surface area contributed by atoms with Crippen LogP contribution in [0.5, 0.6) is 0 Å². The van der Waals surface area contributed by atoms with Gasteiger partial charge in [0.25, 0.3) is 5.91 Å². The van der Waals surface area contributed by atoms with Crippen LogP contribution in [0, 0.1) is 11.3 Å². The van der Waals surface area contributed by atoms with E-state index in [1.165, 1.54) is 11.0 Å². The predicted molar refractivity (Wildman–Crippen MR) is 67.7 cm³/mol. The zero-order chi connectivity index (χ0) is 15.3. The molecule has 0 saturated heterocycles. The predicted octanol–water partition coefficient (Wildman–Crippen LogP) is 2.66. The molecule has 4 nitrogen and oxygen atoms in total. The summed E-state index contributed by atoms with van der Waals surface area (Å²) in [6.45, 7) is 2.18. The van der Waals surface area contributed by atoms with Crippen LogP contribution in [0.2, 0.25) is 0 Å². The summed E-state index contributed by atoms with van der Waals surface area (Å²) in [6, 6.07) is 4.95. The molecule has 2 N–H and O–H groups in total. The molecular formula is C13H14F3N3O. The summed E-state index contributed by atoms with van der Waals surface area (Å²) in [7, 11) is 0. The molecule has 0 saturated carbocycles. The first kappa shape index (κ1) is 15.8. The Hall–Kier alpha value is -2.23. The molecule has 20 heavy (non-hydrogen) atoms. The number of benzene rings is 1. The highest BCUT2D eigenvalue weighted by molar-refractivity contribution is 5.95. The Morgan fingerprint density at radius 2 is 2.10 bits per heavy atom. The quantitative estimate of drug-likeness (QED) is 0.864. The van der Waals surface area contributed by atoms with E-state index >= 15 is 0 Å². The maximum absolute atomic E-state index is 12.7. The first-order valence-corrected chi connectivity index (χ1v) is 5.94. The standard InChI is InChI=1S/C13H14F3N3O/c1-2-19(7-3-6-17)12(20)9-4-5-11(18)10(8-9)13(14,15)16/h4-5,8H,2-3,7,18H2,1H3. The number of nitrogen functional groups attached to an aromatic ring is 1. The van der Waals surface area contributed by atoms with Crippen molar-refractivity contribution in [1.82, 2.24) is 4.90 Å². The molecule has 0 aliphatic heterocycles. The average molecular weight is 285 g/mol. The van der Waals surface area contributed by atoms with E-state index in [9.17, 15) is 18.0 Å². The lowest BCUT2D eigenvalue weighted by Crippen LogP contribution is -2.31. The molecule has 0 aliphatic carbocycles. The second kappa shape index (κ2) is 6.28. The molecule has 0 aliphatic rings. The fourth-order valence-corrected chi connectivity index (χ4v) is 1.71. The maximum Gasteiger partial charge on any atom is 0.418 e. The molecule has 1 rings (SSSR count). The number of amides is 1. The highest BCUT2D eigenvalue weighted by Gasteiger charge is 2.33. The minimum Gasteiger partial charge on any atom is -0.398 e. The highest BCUT2D eigenvalue weighted by atomic mass is 19.4. The molecule has 0 spiro atoms. The highest BCUT2D eigenvalue weighted by Crippen LogP contribution is 2.34. The number of hydrogen-bond donors (Lipinski definition) is 1. The number of nitrogens with two attached hydrogens (primary N) is 1. The van der Waals surface area contributed by atoms with Crippen LogP contribution in [-0.2, 0) is 6.18 Å². The second-order valence-electron chi connectivity index (χ2n) is 4.09. The van der Waals surface area contributed by atoms with Gasteiger partial charge in [-0.05, 0) is 25.1 Å². The van der Waals surface area contributed by atoms with Crippen molar-refractivity contribution in [3.63, 3.8) is 0 Å². The number of nitrogens with zero attached hydrogens (tertiary/aromatic N) is 2. The number of carbonyl (C=O) groups is 1. The summed E-state index contributed by atoms with van der Waals surface area (Å²) in [5.41, 5.74) is 3.74. The van der Waals surface area contributed by atoms with Crippen molar-refractivity contribution in [2.75, 3.05) is 18.8 Å². The molecule has 0 bridgehead atoms. The number of rotatable bonds is 4. The third-order valence-electron chi connectivity index (χ3n) is 2.77. The SMILES string of the molecule is CCN(CCC#N)C(=O)c1ccc(N)c(C(F)(F)F)c1. The minimum absolute atomic E-state index is 0.0914. The van der Waals surface area contributed by atoms with Crippen molar-refractivity contribution >= 4 is 11.6 Å². The van der Waals surface area contributed by atoms with E-state index in [2.05, 4.69) is 0 Å². The largest absolute Gasteiger partial charge is 0.418 e. The molecule has 0 aromatic heterocycles. The summed E-state index contributed by atoms with van der Waals surface area (Å²) < 4.78 is 38.2. The van der Waals surface area contributed by atoms with Crippen LogP contribution in [0.4, 0.5) is 18.9 Å². The normalized spacial score (nSPS) is 10.9. The number of alkyl halides is 3. The van der Waals surface area contributed by atoms with Crippen LogP contribution in [-0.4, -0.2) is 23.9 Å². The number of hydrogen-bond acceptors (Lipinski definition) is 3. The monoisotopic (exact) mass is 285 g/mol. The van der Waals surface area contributed by atoms with Gasteiger partial charge in [-0.2, -0.15) is 18.4 Å². The van der Waals surface area contributed by atoms with Crippen molar-refractivity contribution in [3.8, 4) is 6.07 Å². The molecule has 0 atom stereocenters. The molecular weight excluding hydrogens is 271 g/mol. The summed E-state index contributed by atoms with van der Waals surface area (Å²) >= 11 is 0. The van der Waals surface area contributed by atoms with Crippen molar-refractivity contribution in [2.45, 2.75) is 19.5 Å². The molecule has 0 radical (unpaired) electrons. The molecule has 1 aromatic carbocycles. The topological polar surface area (TPSA) is 70.1 Å². The lowest BCUT2D eigenvalue weighted by atomic mass is 10.1. The summed E-state index contributed by atoms with van der Waals surface area (Å²) in [6.07, 6.45) is -4.48. The Morgan fingerprint density at radius 1 is 1.45 bits per heavy atom. The van der Waals surface area contributed by atoms with Crippen LogP contribution in [0.25, 0.3) is 0 Å². The van der Waals surface area contributed by atoms with Crippen molar-refractivity contribution in [3.05, 3.63) is 29.3 Å². The van der Waals surface area contributed by atoms with Gasteiger partial charge < -0.3 is 10.6 Å². The van der Waals surface area contributed by atoms with Gasteiger partial charge in [0.15, 0.2) is 0 Å². The van der Waals surface area contributed by atoms with E-state index in [4.69, 9.17) is 11.0 Å². The Morgan fingerprint density at radius 3 is 2.60 bits per heavy atom. The fourth-order valence-electron chi connectivity index (χ4n) is 1.71. The fraction of sp³-hybridized carbons (Fsp3) is 0.385. The third-order valence-corrected chi connectivity index (χ3v) is 2.77. The zero-order valence-corrected chi connectivity index (χ0v) is 10.9. The van der Waals surface area contributed by atoms with Gasteiger partial charge in [-0.25, -0.2) is 0 Å². The second-order valence-corrected chi connectivity index (χ2v) is 4.09. The van der Waals surface area contributed by atoms with E-state index in [0.29, 0.717) is 6.54 Å². The molecule has 0 unspecified atom stereocenters. The first-order chi connectivity index (χ1) is 9.31. The van der Waals surface area contributed by atoms with E-state index in [1.54, 1.807) is 6.92 Å². The van der Waals surface area contributed by atoms with Gasteiger partial charge in [0.2, 0.25) is 0 Å². The van der Waals surface area contributed by atoms with Gasteiger partial charge >= 0.3 is 6.18 Å². The molecule has 1 amide bonds. The van der Waals surface area contributed by atoms with Crippen LogP contribution in [0.1, 0.15) is 29.3 Å². The van der Waals surface area contributed by atoms with Gasteiger partial charge in [-0.15, -0.1) is 0 Å². The minimum atomic E-state index is -4.61. The molecule has 1 aromatic rings. The Bertz CT molecular complexity index is 535. The molecule has 0 fully saturated rings. The van der Waals surface area contributed by atoms with Crippen molar-refractivity contribution < 1.29 is 18.0 Å². The molecule has 7 heteroatoms. The number of nitriles is 1. The number of halogens is 3. The molecule has 108 valence electrons. The van der Waals surface area contributed by atoms with E-state index < -0.39 is 23.3 Å². The lowest BCUT2D eigenvalue weighted by Gasteiger charge is -2.20. The van der Waals surface area contributed by atoms with E-state index in [1.807, 2.05) is 6.07 Å². The van der Waals surface area contributed by atoms with Crippen LogP contribution >= 0.6 is 0 Å². The first-order valence-electron chi connectivity index (χ1n) is 5.94. The Kier molecular flexibility index (Phi) is 4.97. The van der Waals surface area contributed by atoms with Gasteiger partial charge in [0.1, 0.15) is 0 Å². The average Bonchev–Trinajstić information content (AvgIpc) is 2.38. The number of anilines is 1. The van der Waals surface area contributed by atoms with Gasteiger partial charge in [0, 0.05) is 24.3 Å². The van der Waals surface area contributed by atoms with E-state index in [-0.39, 0.29) is 18.5 Å². The van der Waals surface area contributed by atoms with Crippen LogP contribution in [0.3, 0.4) is 0 Å². The van der Waals surface area contributed by atoms with Crippen LogP contribution in [0.15, 0.2) is 18.2 Å². The zero-order valence-electron chi connectivity index (χ0n) is 10.9. The Balaban J connectivity index is 3.08.